The van der Waals surface area contributed by atoms with Crippen LogP contribution in [0.4, 0.5) is 0 Å². The molecule has 5 aromatic rings. The average molecular weight is 475 g/mol. The van der Waals surface area contributed by atoms with E-state index in [0.717, 1.165) is 24.0 Å². The third kappa shape index (κ3) is 2.94. The molecule has 2 nitrogen and oxygen atoms in total. The summed E-state index contributed by atoms with van der Waals surface area (Å²) in [6, 6.07) is 20.5. The van der Waals surface area contributed by atoms with Gasteiger partial charge in [0.2, 0.25) is 5.69 Å². The summed E-state index contributed by atoms with van der Waals surface area (Å²) in [5.41, 5.74) is 13.9. The lowest BCUT2D eigenvalue weighted by atomic mass is 9.74. The second-order valence-electron chi connectivity index (χ2n) is 11.0. The van der Waals surface area contributed by atoms with Crippen molar-refractivity contribution in [2.75, 3.05) is 0 Å². The van der Waals surface area contributed by atoms with Crippen LogP contribution in [0.2, 0.25) is 0 Å². The van der Waals surface area contributed by atoms with E-state index in [4.69, 9.17) is 4.42 Å². The van der Waals surface area contributed by atoms with Crippen LogP contribution < -0.4 is 4.57 Å². The highest BCUT2D eigenvalue weighted by atomic mass is 16.3. The number of pyridine rings is 1. The van der Waals surface area contributed by atoms with Crippen molar-refractivity contribution in [3.05, 3.63) is 88.6 Å². The van der Waals surface area contributed by atoms with Gasteiger partial charge in [-0.25, -0.2) is 4.57 Å². The molecular formula is C34H36NO+. The molecule has 0 atom stereocenters. The Hall–Kier alpha value is -3.39. The van der Waals surface area contributed by atoms with Gasteiger partial charge in [-0.2, -0.15) is 0 Å². The van der Waals surface area contributed by atoms with Crippen LogP contribution in [0.25, 0.3) is 44.3 Å². The van der Waals surface area contributed by atoms with E-state index in [1.54, 1.807) is 0 Å². The molecule has 0 N–H and O–H groups in total. The highest BCUT2D eigenvalue weighted by Crippen LogP contribution is 2.55. The number of benzene rings is 3. The summed E-state index contributed by atoms with van der Waals surface area (Å²) in [6.07, 6.45) is 4.43. The van der Waals surface area contributed by atoms with Crippen LogP contribution in [0.15, 0.2) is 65.2 Å². The normalized spacial score (nSPS) is 14.1. The summed E-state index contributed by atoms with van der Waals surface area (Å²) in [7, 11) is 2.15. The highest BCUT2D eigenvalue weighted by Gasteiger charge is 2.42. The van der Waals surface area contributed by atoms with Crippen molar-refractivity contribution < 1.29 is 8.98 Å². The number of aromatic nitrogens is 1. The second-order valence-corrected chi connectivity index (χ2v) is 11.0. The Labute approximate surface area is 214 Å². The van der Waals surface area contributed by atoms with E-state index in [1.165, 1.54) is 61.0 Å². The van der Waals surface area contributed by atoms with Crippen LogP contribution in [0, 0.1) is 13.8 Å². The Bertz CT molecular complexity index is 1660. The number of hydrogen-bond acceptors (Lipinski definition) is 1. The Balaban J connectivity index is 1.72. The molecule has 0 bridgehead atoms. The maximum atomic E-state index is 6.97. The fourth-order valence-corrected chi connectivity index (χ4v) is 6.93. The summed E-state index contributed by atoms with van der Waals surface area (Å²) < 4.78 is 9.23. The molecule has 2 heterocycles. The molecule has 0 amide bonds. The SMILES string of the molecule is CCC1(CC)c2ccccc2-c2c1ccc1c2oc2c(-c3cc(C(C)C)c(C)c[n+]3C)c(C)ccc21. The Morgan fingerprint density at radius 1 is 0.806 bits per heavy atom. The maximum absolute atomic E-state index is 6.97. The second kappa shape index (κ2) is 8.06. The third-order valence-corrected chi connectivity index (χ3v) is 8.85. The number of furan rings is 1. The molecule has 2 heteroatoms. The minimum Gasteiger partial charge on any atom is -0.454 e. The molecule has 1 aliphatic carbocycles. The zero-order valence-electron chi connectivity index (χ0n) is 22.6. The Kier molecular flexibility index (Phi) is 5.16. The van der Waals surface area contributed by atoms with Crippen LogP contribution in [0.5, 0.6) is 0 Å². The zero-order chi connectivity index (χ0) is 25.4. The first-order chi connectivity index (χ1) is 17.3. The van der Waals surface area contributed by atoms with Crippen molar-refractivity contribution in [3.63, 3.8) is 0 Å². The molecular weight excluding hydrogens is 438 g/mol. The molecule has 0 saturated heterocycles. The van der Waals surface area contributed by atoms with Gasteiger partial charge in [0.1, 0.15) is 18.2 Å². The smallest absolute Gasteiger partial charge is 0.216 e. The first kappa shape index (κ1) is 23.0. The van der Waals surface area contributed by atoms with Crippen molar-refractivity contribution in [2.45, 2.75) is 65.7 Å². The molecule has 0 unspecified atom stereocenters. The van der Waals surface area contributed by atoms with E-state index in [9.17, 15) is 0 Å². The van der Waals surface area contributed by atoms with E-state index in [1.807, 2.05) is 0 Å². The molecule has 0 aliphatic heterocycles. The first-order valence-electron chi connectivity index (χ1n) is 13.4. The number of fused-ring (bicyclic) bond motifs is 7. The molecule has 0 spiro atoms. The molecule has 3 aromatic carbocycles. The van der Waals surface area contributed by atoms with Crippen molar-refractivity contribution in [1.29, 1.82) is 0 Å². The zero-order valence-corrected chi connectivity index (χ0v) is 22.6. The summed E-state index contributed by atoms with van der Waals surface area (Å²) >= 11 is 0. The van der Waals surface area contributed by atoms with Crippen LogP contribution in [0.3, 0.4) is 0 Å². The number of rotatable bonds is 4. The average Bonchev–Trinajstić information content (AvgIpc) is 3.38. The lowest BCUT2D eigenvalue weighted by Crippen LogP contribution is -2.32. The molecule has 182 valence electrons. The molecule has 0 fully saturated rings. The van der Waals surface area contributed by atoms with Gasteiger partial charge in [0.25, 0.3) is 0 Å². The number of nitrogens with zero attached hydrogens (tertiary/aromatic N) is 1. The van der Waals surface area contributed by atoms with E-state index < -0.39 is 0 Å². The van der Waals surface area contributed by atoms with Crippen molar-refractivity contribution in [2.24, 2.45) is 7.05 Å². The molecule has 0 saturated carbocycles. The van der Waals surface area contributed by atoms with E-state index in [-0.39, 0.29) is 5.41 Å². The van der Waals surface area contributed by atoms with Crippen molar-refractivity contribution in [3.8, 4) is 22.4 Å². The van der Waals surface area contributed by atoms with E-state index in [0.29, 0.717) is 5.92 Å². The lowest BCUT2D eigenvalue weighted by Gasteiger charge is -2.29. The monoisotopic (exact) mass is 474 g/mol. The van der Waals surface area contributed by atoms with E-state index >= 15 is 0 Å². The van der Waals surface area contributed by atoms with Crippen molar-refractivity contribution >= 4 is 21.9 Å². The number of hydrogen-bond donors (Lipinski definition) is 0. The molecule has 0 radical (unpaired) electrons. The lowest BCUT2D eigenvalue weighted by molar-refractivity contribution is -0.660. The molecule has 1 aliphatic rings. The van der Waals surface area contributed by atoms with Crippen LogP contribution in [0.1, 0.15) is 74.3 Å². The van der Waals surface area contributed by atoms with Gasteiger partial charge in [-0.3, -0.25) is 0 Å². The fraction of sp³-hybridized carbons (Fsp3) is 0.324. The van der Waals surface area contributed by atoms with E-state index in [2.05, 4.69) is 114 Å². The minimum atomic E-state index is 0.0490. The summed E-state index contributed by atoms with van der Waals surface area (Å²) in [5.74, 6) is 0.469. The number of aryl methyl sites for hydroxylation is 3. The first-order valence-corrected chi connectivity index (χ1v) is 13.4. The van der Waals surface area contributed by atoms with Gasteiger partial charge in [-0.05, 0) is 60.4 Å². The van der Waals surface area contributed by atoms with Gasteiger partial charge in [-0.15, -0.1) is 0 Å². The van der Waals surface area contributed by atoms with Crippen LogP contribution >= 0.6 is 0 Å². The summed E-state index contributed by atoms with van der Waals surface area (Å²) in [5, 5.41) is 2.41. The minimum absolute atomic E-state index is 0.0490. The molecule has 6 rings (SSSR count). The quantitative estimate of drug-likeness (QED) is 0.238. The van der Waals surface area contributed by atoms with Crippen molar-refractivity contribution in [1.82, 2.24) is 0 Å². The Morgan fingerprint density at radius 3 is 2.17 bits per heavy atom. The summed E-state index contributed by atoms with van der Waals surface area (Å²) in [4.78, 5) is 0. The van der Waals surface area contributed by atoms with Crippen LogP contribution in [-0.4, -0.2) is 0 Å². The topological polar surface area (TPSA) is 17.0 Å². The van der Waals surface area contributed by atoms with Gasteiger partial charge in [0, 0.05) is 33.4 Å². The fourth-order valence-electron chi connectivity index (χ4n) is 6.93. The van der Waals surface area contributed by atoms with Gasteiger partial charge in [0.15, 0.2) is 6.20 Å². The van der Waals surface area contributed by atoms with Gasteiger partial charge < -0.3 is 4.42 Å². The molecule has 36 heavy (non-hydrogen) atoms. The predicted molar refractivity (Wildman–Crippen MR) is 151 cm³/mol. The standard InChI is InChI=1S/C34H36NO/c1-8-34(9-2)27-13-11-10-12-25(27)31-28(34)17-16-24-23-15-14-21(5)30(32(23)36-33(24)31)29-18-26(20(3)4)22(6)19-35(29)7/h10-20H,8-9H2,1-7H3/q+1. The third-order valence-electron chi connectivity index (χ3n) is 8.85. The largest absolute Gasteiger partial charge is 0.454 e. The van der Waals surface area contributed by atoms with Gasteiger partial charge >= 0.3 is 0 Å². The Morgan fingerprint density at radius 2 is 1.47 bits per heavy atom. The maximum Gasteiger partial charge on any atom is 0.216 e. The van der Waals surface area contributed by atoms with Crippen LogP contribution in [-0.2, 0) is 12.5 Å². The summed E-state index contributed by atoms with van der Waals surface area (Å²) in [6.45, 7) is 13.6. The predicted octanol–water partition coefficient (Wildman–Crippen LogP) is 8.90. The van der Waals surface area contributed by atoms with Gasteiger partial charge in [0.05, 0.1) is 5.56 Å². The van der Waals surface area contributed by atoms with Gasteiger partial charge in [-0.1, -0.05) is 76.2 Å². The highest BCUT2D eigenvalue weighted by molar-refractivity contribution is 6.14. The molecule has 2 aromatic heterocycles.